The van der Waals surface area contributed by atoms with Crippen molar-refractivity contribution in [2.24, 2.45) is 11.8 Å². The second kappa shape index (κ2) is 25.4. The molecule has 0 saturated heterocycles. The lowest BCUT2D eigenvalue weighted by molar-refractivity contribution is -0.156. The molecule has 17 nitrogen and oxygen atoms in total. The largest absolute Gasteiger partial charge is 0.508 e. The molecule has 6 unspecified atom stereocenters. The molecule has 0 aromatic heterocycles. The number of likely N-dealkylation sites (N-methyl/N-ethyl adjacent to an activating group) is 1. The lowest BCUT2D eigenvalue weighted by Gasteiger charge is -2.32. The van der Waals surface area contributed by atoms with Gasteiger partial charge in [-0.05, 0) is 36.0 Å². The van der Waals surface area contributed by atoms with Crippen LogP contribution in [0.15, 0.2) is 36.4 Å². The van der Waals surface area contributed by atoms with Crippen molar-refractivity contribution in [1.29, 1.82) is 0 Å². The number of ether oxygens (including phenoxy) is 1. The second-order valence-corrected chi connectivity index (χ2v) is 15.3. The lowest BCUT2D eigenvalue weighted by atomic mass is 9.99. The van der Waals surface area contributed by atoms with Gasteiger partial charge in [0.1, 0.15) is 42.6 Å². The number of carbonyl (C=O) groups excluding carboxylic acids is 7. The summed E-state index contributed by atoms with van der Waals surface area (Å²) in [6.07, 6.45) is 9.53. The summed E-state index contributed by atoms with van der Waals surface area (Å²) in [6, 6.07) is -1.35. The van der Waals surface area contributed by atoms with Gasteiger partial charge in [-0.25, -0.2) is 4.79 Å². The number of carbonyl (C=O) groups is 7. The minimum absolute atomic E-state index is 0.0137. The Balaban J connectivity index is 2.17. The summed E-state index contributed by atoms with van der Waals surface area (Å²) in [7, 11) is 1.42. The van der Waals surface area contributed by atoms with E-state index in [2.05, 4.69) is 33.5 Å². The first kappa shape index (κ1) is 49.1. The molecular weight excluding hydrogens is 752 g/mol. The number of hydrogen-bond donors (Lipinski definition) is 8. The van der Waals surface area contributed by atoms with Crippen LogP contribution in [0.2, 0.25) is 0 Å². The molecule has 6 atom stereocenters. The highest BCUT2D eigenvalue weighted by atomic mass is 16.5. The van der Waals surface area contributed by atoms with Gasteiger partial charge in [-0.15, -0.1) is 0 Å². The van der Waals surface area contributed by atoms with E-state index in [0.29, 0.717) is 12.0 Å². The first-order valence-corrected chi connectivity index (χ1v) is 20.1. The van der Waals surface area contributed by atoms with E-state index in [-0.39, 0.29) is 24.5 Å². The summed E-state index contributed by atoms with van der Waals surface area (Å²) in [4.78, 5) is 93.8. The normalized spacial score (nSPS) is 19.2. The van der Waals surface area contributed by atoms with Crippen LogP contribution in [0.4, 0.5) is 0 Å². The fourth-order valence-electron chi connectivity index (χ4n) is 6.17. The molecular formula is C41H64N6O11. The molecule has 0 saturated carbocycles. The number of benzene rings is 1. The van der Waals surface area contributed by atoms with Crippen LogP contribution in [0.5, 0.6) is 5.75 Å². The number of phenolic OH excluding ortho intramolecular Hbond substituents is 1. The number of nitrogens with one attached hydrogen (secondary N) is 5. The third kappa shape index (κ3) is 16.4. The Hall–Kier alpha value is -5.03. The number of amides is 6. The highest BCUT2D eigenvalue weighted by molar-refractivity contribution is 5.96. The molecule has 2 rings (SSSR count). The Morgan fingerprint density at radius 3 is 2.02 bits per heavy atom. The average Bonchev–Trinajstić information content (AvgIpc) is 3.18. The fraction of sp³-hybridized carbons (Fsp3) is 0.634. The van der Waals surface area contributed by atoms with Gasteiger partial charge in [-0.3, -0.25) is 28.8 Å². The monoisotopic (exact) mass is 816 g/mol. The highest BCUT2D eigenvalue weighted by Crippen LogP contribution is 2.17. The van der Waals surface area contributed by atoms with Crippen molar-refractivity contribution < 1.29 is 53.6 Å². The molecule has 0 radical (unpaired) electrons. The number of aromatic hydroxyl groups is 1. The molecule has 1 aromatic rings. The van der Waals surface area contributed by atoms with Crippen molar-refractivity contribution in [3.8, 4) is 5.75 Å². The third-order valence-electron chi connectivity index (χ3n) is 9.80. The van der Waals surface area contributed by atoms with Crippen molar-refractivity contribution in [3.63, 3.8) is 0 Å². The molecule has 0 fully saturated rings. The lowest BCUT2D eigenvalue weighted by Crippen LogP contribution is -2.60. The smallest absolute Gasteiger partial charge is 0.329 e. The van der Waals surface area contributed by atoms with Crippen LogP contribution < -0.4 is 26.6 Å². The number of aliphatic hydroxyl groups excluding tert-OH is 2. The van der Waals surface area contributed by atoms with E-state index in [0.717, 1.165) is 38.2 Å². The van der Waals surface area contributed by atoms with Gasteiger partial charge in [-0.2, -0.15) is 0 Å². The standard InChI is InChI=1S/C41H64N6O11/c1-7-8-9-10-11-12-13-14-33(51)43-30(22-48)37(53)44-31(23-49)38(54)46-35(25(2)3)39(55)42-28-17-20-34(52)45-36(26(4)5)40(56)47(6)32(41(57)58-24-28)21-27-15-18-29(50)19-16-27/h15-20,25-26,28,30-32,35-36,48-50H,7-14,21-24H2,1-6H3,(H,42,55)(H,43,51)(H,44,53)(H,45,52)(H,46,54). The minimum atomic E-state index is -1.55. The quantitative estimate of drug-likeness (QED) is 0.0635. The van der Waals surface area contributed by atoms with Gasteiger partial charge >= 0.3 is 5.97 Å². The number of phenols is 1. The summed E-state index contributed by atoms with van der Waals surface area (Å²) >= 11 is 0. The number of cyclic esters (lactones) is 1. The van der Waals surface area contributed by atoms with Crippen LogP contribution in [0, 0.1) is 11.8 Å². The van der Waals surface area contributed by atoms with Crippen molar-refractivity contribution in [2.45, 2.75) is 129 Å². The summed E-state index contributed by atoms with van der Waals surface area (Å²) in [5.41, 5.74) is 0.615. The van der Waals surface area contributed by atoms with Crippen LogP contribution in [0.25, 0.3) is 0 Å². The van der Waals surface area contributed by atoms with Crippen LogP contribution in [0.1, 0.15) is 91.5 Å². The number of aliphatic hydroxyl groups is 2. The molecule has 17 heteroatoms. The van der Waals surface area contributed by atoms with Gasteiger partial charge in [0.2, 0.25) is 35.4 Å². The molecule has 0 aliphatic carbocycles. The number of esters is 1. The zero-order valence-corrected chi connectivity index (χ0v) is 34.6. The summed E-state index contributed by atoms with van der Waals surface area (Å²) in [6.45, 7) is 6.78. The molecule has 0 spiro atoms. The predicted molar refractivity (Wildman–Crippen MR) is 215 cm³/mol. The molecule has 324 valence electrons. The van der Waals surface area contributed by atoms with Gasteiger partial charge in [-0.1, -0.05) is 91.4 Å². The molecule has 8 N–H and O–H groups in total. The number of hydrogen-bond acceptors (Lipinski definition) is 11. The minimum Gasteiger partial charge on any atom is -0.508 e. The van der Waals surface area contributed by atoms with E-state index >= 15 is 0 Å². The van der Waals surface area contributed by atoms with E-state index < -0.39 is 103 Å². The molecule has 6 amide bonds. The van der Waals surface area contributed by atoms with Crippen LogP contribution >= 0.6 is 0 Å². The topological polar surface area (TPSA) is 253 Å². The van der Waals surface area contributed by atoms with Crippen molar-refractivity contribution >= 4 is 41.4 Å². The van der Waals surface area contributed by atoms with E-state index in [1.54, 1.807) is 39.8 Å². The Morgan fingerprint density at radius 2 is 1.43 bits per heavy atom. The first-order valence-electron chi connectivity index (χ1n) is 20.1. The van der Waals surface area contributed by atoms with Gasteiger partial charge in [0.25, 0.3) is 0 Å². The summed E-state index contributed by atoms with van der Waals surface area (Å²) in [5.74, 6) is -5.89. The van der Waals surface area contributed by atoms with Gasteiger partial charge in [0.05, 0.1) is 19.3 Å². The van der Waals surface area contributed by atoms with Crippen LogP contribution in [-0.4, -0.2) is 125 Å². The maximum absolute atomic E-state index is 13.7. The molecule has 58 heavy (non-hydrogen) atoms. The number of rotatable bonds is 21. The predicted octanol–water partition coefficient (Wildman–Crippen LogP) is 0.736. The number of nitrogens with zero attached hydrogens (tertiary/aromatic N) is 1. The Kier molecular flexibility index (Phi) is 21.5. The first-order chi connectivity index (χ1) is 27.5. The third-order valence-corrected chi connectivity index (χ3v) is 9.80. The Bertz CT molecular complexity index is 1550. The zero-order chi connectivity index (χ0) is 43.4. The maximum atomic E-state index is 13.7. The van der Waals surface area contributed by atoms with Crippen molar-refractivity contribution in [3.05, 3.63) is 42.0 Å². The second-order valence-electron chi connectivity index (χ2n) is 15.3. The molecule has 0 bridgehead atoms. The molecule has 1 aliphatic rings. The average molecular weight is 817 g/mol. The Morgan fingerprint density at radius 1 is 0.845 bits per heavy atom. The van der Waals surface area contributed by atoms with Gasteiger partial charge in [0.15, 0.2) is 0 Å². The molecule has 1 aliphatic heterocycles. The SMILES string of the molecule is CCCCCCCCCC(=O)NC(CO)C(=O)NC(CO)C(=O)NC(C(=O)NC1C=CC(=O)NC(C(C)C)C(=O)N(C)C(Cc2ccc(O)cc2)C(=O)OC1)C(C)C. The number of unbranched alkanes of at least 4 members (excludes halogenated alkanes) is 6. The van der Waals surface area contributed by atoms with Crippen LogP contribution in [-0.2, 0) is 44.7 Å². The van der Waals surface area contributed by atoms with E-state index in [9.17, 15) is 48.9 Å². The van der Waals surface area contributed by atoms with Gasteiger partial charge < -0.3 is 51.5 Å². The zero-order valence-electron chi connectivity index (χ0n) is 34.6. The summed E-state index contributed by atoms with van der Waals surface area (Å²) < 4.78 is 5.61. The van der Waals surface area contributed by atoms with Crippen LogP contribution in [0.3, 0.4) is 0 Å². The van der Waals surface area contributed by atoms with Crippen molar-refractivity contribution in [1.82, 2.24) is 31.5 Å². The van der Waals surface area contributed by atoms with E-state index in [1.165, 1.54) is 36.6 Å². The highest BCUT2D eigenvalue weighted by Gasteiger charge is 2.36. The van der Waals surface area contributed by atoms with Crippen molar-refractivity contribution in [2.75, 3.05) is 26.9 Å². The fourth-order valence-corrected chi connectivity index (χ4v) is 6.17. The molecule has 1 heterocycles. The Labute approximate surface area is 341 Å². The molecule has 1 aromatic carbocycles. The van der Waals surface area contributed by atoms with Gasteiger partial charge in [0, 0.05) is 26.0 Å². The maximum Gasteiger partial charge on any atom is 0.329 e. The van der Waals surface area contributed by atoms with E-state index in [4.69, 9.17) is 4.74 Å². The summed E-state index contributed by atoms with van der Waals surface area (Å²) in [5, 5.41) is 42.2. The van der Waals surface area contributed by atoms with E-state index in [1.807, 2.05) is 0 Å².